The van der Waals surface area contributed by atoms with E-state index < -0.39 is 0 Å². The van der Waals surface area contributed by atoms with E-state index in [2.05, 4.69) is 20.6 Å². The van der Waals surface area contributed by atoms with Crippen LogP contribution in [0, 0.1) is 6.92 Å². The molecule has 1 heterocycles. The second-order valence-corrected chi connectivity index (χ2v) is 4.97. The summed E-state index contributed by atoms with van der Waals surface area (Å²) in [7, 11) is 1.62. The van der Waals surface area contributed by atoms with E-state index >= 15 is 0 Å². The molecule has 1 amide bonds. The lowest BCUT2D eigenvalue weighted by molar-refractivity contribution is 0.0963. The van der Waals surface area contributed by atoms with Crippen molar-refractivity contribution in [3.8, 4) is 0 Å². The predicted molar refractivity (Wildman–Crippen MR) is 87.4 cm³/mol. The number of fused-ring (bicyclic) bond motifs is 1. The summed E-state index contributed by atoms with van der Waals surface area (Å²) in [5, 5.41) is 5.93. The standard InChI is InChI=1S/C17H16N4O/c1-11-10-19-14-4-3-5-15(16(14)20-11)21-13-8-6-12(7-9-13)17(22)18-2/h3-10,21H,1-2H3,(H,18,22). The molecule has 0 saturated carbocycles. The molecule has 0 saturated heterocycles. The van der Waals surface area contributed by atoms with Crippen molar-refractivity contribution in [3.63, 3.8) is 0 Å². The molecular weight excluding hydrogens is 276 g/mol. The Labute approximate surface area is 128 Å². The van der Waals surface area contributed by atoms with Crippen LogP contribution in [-0.4, -0.2) is 22.9 Å². The Hall–Kier alpha value is -2.95. The Kier molecular flexibility index (Phi) is 3.70. The number of anilines is 2. The van der Waals surface area contributed by atoms with Gasteiger partial charge in [-0.2, -0.15) is 0 Å². The third-order valence-electron chi connectivity index (χ3n) is 3.35. The molecule has 5 heteroatoms. The van der Waals surface area contributed by atoms with Gasteiger partial charge in [0.05, 0.1) is 16.9 Å². The van der Waals surface area contributed by atoms with Crippen LogP contribution in [0.15, 0.2) is 48.7 Å². The molecule has 0 aliphatic heterocycles. The van der Waals surface area contributed by atoms with Crippen LogP contribution in [-0.2, 0) is 0 Å². The van der Waals surface area contributed by atoms with Crippen LogP contribution in [0.4, 0.5) is 11.4 Å². The summed E-state index contributed by atoms with van der Waals surface area (Å²) in [5.74, 6) is -0.0989. The maximum Gasteiger partial charge on any atom is 0.251 e. The van der Waals surface area contributed by atoms with Crippen molar-refractivity contribution in [1.82, 2.24) is 15.3 Å². The van der Waals surface area contributed by atoms with Crippen LogP contribution in [0.3, 0.4) is 0 Å². The second kappa shape index (κ2) is 5.81. The number of benzene rings is 2. The van der Waals surface area contributed by atoms with Gasteiger partial charge in [-0.05, 0) is 43.3 Å². The van der Waals surface area contributed by atoms with Gasteiger partial charge in [-0.3, -0.25) is 9.78 Å². The number of aromatic nitrogens is 2. The number of nitrogens with one attached hydrogen (secondary N) is 2. The average Bonchev–Trinajstić information content (AvgIpc) is 2.55. The fourth-order valence-corrected chi connectivity index (χ4v) is 2.23. The molecule has 0 spiro atoms. The van der Waals surface area contributed by atoms with Gasteiger partial charge in [0.15, 0.2) is 0 Å². The Morgan fingerprint density at radius 3 is 2.59 bits per heavy atom. The zero-order valence-electron chi connectivity index (χ0n) is 12.4. The van der Waals surface area contributed by atoms with E-state index in [4.69, 9.17) is 0 Å². The maximum atomic E-state index is 11.5. The van der Waals surface area contributed by atoms with Crippen molar-refractivity contribution >= 4 is 28.3 Å². The number of carbonyl (C=O) groups excluding carboxylic acids is 1. The first-order valence-corrected chi connectivity index (χ1v) is 6.99. The van der Waals surface area contributed by atoms with Crippen LogP contribution in [0.2, 0.25) is 0 Å². The fraction of sp³-hybridized carbons (Fsp3) is 0.118. The van der Waals surface area contributed by atoms with Gasteiger partial charge in [-0.25, -0.2) is 4.98 Å². The Morgan fingerprint density at radius 1 is 1.09 bits per heavy atom. The molecule has 2 aromatic carbocycles. The normalized spacial score (nSPS) is 10.5. The van der Waals surface area contributed by atoms with Gasteiger partial charge in [-0.1, -0.05) is 6.07 Å². The van der Waals surface area contributed by atoms with Crippen LogP contribution >= 0.6 is 0 Å². The quantitative estimate of drug-likeness (QED) is 0.778. The lowest BCUT2D eigenvalue weighted by Gasteiger charge is -2.10. The van der Waals surface area contributed by atoms with Gasteiger partial charge in [0, 0.05) is 24.5 Å². The highest BCUT2D eigenvalue weighted by atomic mass is 16.1. The van der Waals surface area contributed by atoms with Crippen molar-refractivity contribution in [2.75, 3.05) is 12.4 Å². The van der Waals surface area contributed by atoms with E-state index in [0.717, 1.165) is 28.1 Å². The highest BCUT2D eigenvalue weighted by Gasteiger charge is 2.06. The minimum absolute atomic E-state index is 0.0989. The molecular formula is C17H16N4O. The van der Waals surface area contributed by atoms with Crippen LogP contribution in [0.1, 0.15) is 16.1 Å². The van der Waals surface area contributed by atoms with Crippen molar-refractivity contribution in [3.05, 3.63) is 59.9 Å². The Bertz CT molecular complexity index is 828. The van der Waals surface area contributed by atoms with Crippen molar-refractivity contribution in [2.24, 2.45) is 0 Å². The highest BCUT2D eigenvalue weighted by molar-refractivity contribution is 5.94. The molecule has 3 rings (SSSR count). The SMILES string of the molecule is CNC(=O)c1ccc(Nc2cccc3ncc(C)nc23)cc1. The molecule has 0 fully saturated rings. The maximum absolute atomic E-state index is 11.5. The molecule has 0 aliphatic rings. The molecule has 0 unspecified atom stereocenters. The minimum atomic E-state index is -0.0989. The van der Waals surface area contributed by atoms with Crippen molar-refractivity contribution in [2.45, 2.75) is 6.92 Å². The first-order valence-electron chi connectivity index (χ1n) is 6.99. The molecule has 5 nitrogen and oxygen atoms in total. The van der Waals surface area contributed by atoms with Crippen LogP contribution in [0.25, 0.3) is 11.0 Å². The van der Waals surface area contributed by atoms with E-state index in [9.17, 15) is 4.79 Å². The number of aryl methyl sites for hydroxylation is 1. The molecule has 110 valence electrons. The largest absolute Gasteiger partial charge is 0.355 e. The number of hydrogen-bond donors (Lipinski definition) is 2. The summed E-state index contributed by atoms with van der Waals surface area (Å²) < 4.78 is 0. The molecule has 0 aliphatic carbocycles. The first kappa shape index (κ1) is 14.0. The predicted octanol–water partition coefficient (Wildman–Crippen LogP) is 3.04. The van der Waals surface area contributed by atoms with E-state index in [-0.39, 0.29) is 5.91 Å². The number of carbonyl (C=O) groups is 1. The lowest BCUT2D eigenvalue weighted by Crippen LogP contribution is -2.17. The number of rotatable bonds is 3. The van der Waals surface area contributed by atoms with E-state index in [1.165, 1.54) is 0 Å². The second-order valence-electron chi connectivity index (χ2n) is 4.97. The third-order valence-corrected chi connectivity index (χ3v) is 3.35. The van der Waals surface area contributed by atoms with Crippen molar-refractivity contribution < 1.29 is 4.79 Å². The van der Waals surface area contributed by atoms with Gasteiger partial charge in [-0.15, -0.1) is 0 Å². The highest BCUT2D eigenvalue weighted by Crippen LogP contribution is 2.24. The number of nitrogens with zero attached hydrogens (tertiary/aromatic N) is 2. The summed E-state index contributed by atoms with van der Waals surface area (Å²) in [6.45, 7) is 1.92. The van der Waals surface area contributed by atoms with E-state index in [1.807, 2.05) is 37.3 Å². The van der Waals surface area contributed by atoms with Crippen LogP contribution in [0.5, 0.6) is 0 Å². The molecule has 0 bridgehead atoms. The lowest BCUT2D eigenvalue weighted by atomic mass is 10.2. The summed E-state index contributed by atoms with van der Waals surface area (Å²) in [5.41, 5.74) is 4.96. The van der Waals surface area contributed by atoms with E-state index in [1.54, 1.807) is 25.4 Å². The molecule has 3 aromatic rings. The van der Waals surface area contributed by atoms with Gasteiger partial charge < -0.3 is 10.6 Å². The summed E-state index contributed by atoms with van der Waals surface area (Å²) in [6.07, 6.45) is 1.75. The smallest absolute Gasteiger partial charge is 0.251 e. The molecule has 0 radical (unpaired) electrons. The fourth-order valence-electron chi connectivity index (χ4n) is 2.23. The van der Waals surface area contributed by atoms with Gasteiger partial charge in [0.25, 0.3) is 5.91 Å². The molecule has 2 N–H and O–H groups in total. The minimum Gasteiger partial charge on any atom is -0.355 e. The zero-order valence-corrected chi connectivity index (χ0v) is 12.4. The summed E-state index contributed by atoms with van der Waals surface area (Å²) in [4.78, 5) is 20.5. The monoisotopic (exact) mass is 292 g/mol. The van der Waals surface area contributed by atoms with Crippen molar-refractivity contribution in [1.29, 1.82) is 0 Å². The van der Waals surface area contributed by atoms with Gasteiger partial charge >= 0.3 is 0 Å². The Balaban J connectivity index is 1.93. The van der Waals surface area contributed by atoms with E-state index in [0.29, 0.717) is 5.56 Å². The summed E-state index contributed by atoms with van der Waals surface area (Å²) >= 11 is 0. The van der Waals surface area contributed by atoms with Gasteiger partial charge in [0.1, 0.15) is 5.52 Å². The average molecular weight is 292 g/mol. The molecule has 1 aromatic heterocycles. The zero-order chi connectivity index (χ0) is 15.5. The molecule has 22 heavy (non-hydrogen) atoms. The van der Waals surface area contributed by atoms with Crippen LogP contribution < -0.4 is 10.6 Å². The third kappa shape index (κ3) is 2.74. The summed E-state index contributed by atoms with van der Waals surface area (Å²) in [6, 6.07) is 13.1. The number of amides is 1. The number of hydrogen-bond acceptors (Lipinski definition) is 4. The number of para-hydroxylation sites is 1. The van der Waals surface area contributed by atoms with Gasteiger partial charge in [0.2, 0.25) is 0 Å². The first-order chi connectivity index (χ1) is 10.7. The topological polar surface area (TPSA) is 66.9 Å². The Morgan fingerprint density at radius 2 is 1.86 bits per heavy atom. The molecule has 0 atom stereocenters.